The smallest absolute Gasteiger partial charge is 0.0696 e. The number of hydrogen-bond donors (Lipinski definition) is 1. The van der Waals surface area contributed by atoms with E-state index >= 15 is 0 Å². The third-order valence-corrected chi connectivity index (χ3v) is 4.88. The van der Waals surface area contributed by atoms with Gasteiger partial charge in [-0.1, -0.05) is 35.7 Å². The van der Waals surface area contributed by atoms with Gasteiger partial charge in [0.1, 0.15) is 0 Å². The Kier molecular flexibility index (Phi) is 2.48. The van der Waals surface area contributed by atoms with Gasteiger partial charge >= 0.3 is 0 Å². The van der Waals surface area contributed by atoms with Crippen molar-refractivity contribution in [1.82, 2.24) is 0 Å². The standard InChI is InChI=1S/C10H17BrO/c1-2-3-6-4-7-5-8(6)9(11)10(7)12/h6-10,12H,2-5H2,1H3. The van der Waals surface area contributed by atoms with Crippen LogP contribution in [0.2, 0.25) is 0 Å². The molecule has 0 saturated heterocycles. The summed E-state index contributed by atoms with van der Waals surface area (Å²) in [5, 5.41) is 9.73. The highest BCUT2D eigenvalue weighted by atomic mass is 79.9. The minimum atomic E-state index is -0.0527. The molecule has 0 aromatic carbocycles. The van der Waals surface area contributed by atoms with Crippen molar-refractivity contribution in [3.8, 4) is 0 Å². The minimum absolute atomic E-state index is 0.0527. The summed E-state index contributed by atoms with van der Waals surface area (Å²) in [4.78, 5) is 0.396. The van der Waals surface area contributed by atoms with Crippen molar-refractivity contribution < 1.29 is 5.11 Å². The average molecular weight is 233 g/mol. The van der Waals surface area contributed by atoms with E-state index in [-0.39, 0.29) is 6.10 Å². The lowest BCUT2D eigenvalue weighted by atomic mass is 9.84. The van der Waals surface area contributed by atoms with Crippen LogP contribution in [-0.4, -0.2) is 16.0 Å². The molecule has 0 aliphatic heterocycles. The second kappa shape index (κ2) is 3.30. The lowest BCUT2D eigenvalue weighted by molar-refractivity contribution is 0.101. The van der Waals surface area contributed by atoms with E-state index in [1.165, 1.54) is 25.7 Å². The number of aliphatic hydroxyl groups is 1. The third kappa shape index (κ3) is 1.24. The Morgan fingerprint density at radius 2 is 2.17 bits per heavy atom. The molecule has 2 saturated carbocycles. The van der Waals surface area contributed by atoms with E-state index in [2.05, 4.69) is 22.9 Å². The first kappa shape index (κ1) is 9.01. The van der Waals surface area contributed by atoms with Gasteiger partial charge in [0.2, 0.25) is 0 Å². The SMILES string of the molecule is CCCC1CC2CC1C(Br)C2O. The lowest BCUT2D eigenvalue weighted by Gasteiger charge is -2.29. The summed E-state index contributed by atoms with van der Waals surface area (Å²) in [7, 11) is 0. The second-order valence-electron chi connectivity index (χ2n) is 4.38. The molecule has 1 N–H and O–H groups in total. The summed E-state index contributed by atoms with van der Waals surface area (Å²) in [6.45, 7) is 2.26. The van der Waals surface area contributed by atoms with Crippen LogP contribution in [0.15, 0.2) is 0 Å². The number of rotatable bonds is 2. The summed E-state index contributed by atoms with van der Waals surface area (Å²) < 4.78 is 0. The van der Waals surface area contributed by atoms with E-state index in [9.17, 15) is 5.11 Å². The van der Waals surface area contributed by atoms with Crippen molar-refractivity contribution in [2.45, 2.75) is 43.5 Å². The van der Waals surface area contributed by atoms with Gasteiger partial charge in [-0.15, -0.1) is 0 Å². The number of alkyl halides is 1. The first-order chi connectivity index (χ1) is 5.74. The van der Waals surface area contributed by atoms with Crippen molar-refractivity contribution in [3.05, 3.63) is 0 Å². The molecule has 0 spiro atoms. The molecule has 2 bridgehead atoms. The van der Waals surface area contributed by atoms with Crippen molar-refractivity contribution >= 4 is 15.9 Å². The zero-order chi connectivity index (χ0) is 8.72. The maximum absolute atomic E-state index is 9.73. The van der Waals surface area contributed by atoms with Gasteiger partial charge in [0.15, 0.2) is 0 Å². The van der Waals surface area contributed by atoms with Crippen LogP contribution in [0.4, 0.5) is 0 Å². The fourth-order valence-electron chi connectivity index (χ4n) is 3.09. The first-order valence-electron chi connectivity index (χ1n) is 5.06. The molecule has 0 heterocycles. The van der Waals surface area contributed by atoms with E-state index in [0.717, 1.165) is 11.8 Å². The van der Waals surface area contributed by atoms with Gasteiger partial charge in [-0.2, -0.15) is 0 Å². The van der Waals surface area contributed by atoms with Crippen LogP contribution >= 0.6 is 15.9 Å². The fourth-order valence-corrected chi connectivity index (χ4v) is 4.17. The predicted molar refractivity (Wildman–Crippen MR) is 53.3 cm³/mol. The first-order valence-corrected chi connectivity index (χ1v) is 5.97. The van der Waals surface area contributed by atoms with E-state index in [1.54, 1.807) is 0 Å². The van der Waals surface area contributed by atoms with E-state index in [4.69, 9.17) is 0 Å². The van der Waals surface area contributed by atoms with Crippen LogP contribution in [0.5, 0.6) is 0 Å². The molecule has 5 unspecified atom stereocenters. The second-order valence-corrected chi connectivity index (χ2v) is 5.44. The van der Waals surface area contributed by atoms with Gasteiger partial charge < -0.3 is 5.11 Å². The molecule has 2 fully saturated rings. The largest absolute Gasteiger partial charge is 0.392 e. The van der Waals surface area contributed by atoms with Gasteiger partial charge in [-0.05, 0) is 30.6 Å². The molecule has 2 rings (SSSR count). The van der Waals surface area contributed by atoms with Crippen molar-refractivity contribution in [1.29, 1.82) is 0 Å². The Balaban J connectivity index is 2.00. The number of fused-ring (bicyclic) bond motifs is 2. The third-order valence-electron chi connectivity index (χ3n) is 3.66. The molecule has 70 valence electrons. The Morgan fingerprint density at radius 1 is 1.42 bits per heavy atom. The highest BCUT2D eigenvalue weighted by Gasteiger charge is 2.50. The average Bonchev–Trinajstić information content (AvgIpc) is 2.55. The van der Waals surface area contributed by atoms with Gasteiger partial charge in [0.05, 0.1) is 6.10 Å². The van der Waals surface area contributed by atoms with Crippen molar-refractivity contribution in [3.63, 3.8) is 0 Å². The lowest BCUT2D eigenvalue weighted by Crippen LogP contribution is -2.32. The summed E-state index contributed by atoms with van der Waals surface area (Å²) >= 11 is 3.62. The molecule has 0 aromatic heterocycles. The molecule has 2 heteroatoms. The highest BCUT2D eigenvalue weighted by molar-refractivity contribution is 9.09. The zero-order valence-electron chi connectivity index (χ0n) is 7.54. The zero-order valence-corrected chi connectivity index (χ0v) is 9.13. The molecule has 2 aliphatic rings. The van der Waals surface area contributed by atoms with Crippen LogP contribution in [0.25, 0.3) is 0 Å². The van der Waals surface area contributed by atoms with E-state index in [0.29, 0.717) is 10.7 Å². The van der Waals surface area contributed by atoms with Crippen LogP contribution in [0.3, 0.4) is 0 Å². The Labute approximate surface area is 82.7 Å². The molecule has 12 heavy (non-hydrogen) atoms. The normalized spacial score (nSPS) is 51.8. The maximum Gasteiger partial charge on any atom is 0.0696 e. The summed E-state index contributed by atoms with van der Waals surface area (Å²) in [5.41, 5.74) is 0. The van der Waals surface area contributed by atoms with Crippen molar-refractivity contribution in [2.75, 3.05) is 0 Å². The Hall–Kier alpha value is 0.440. The van der Waals surface area contributed by atoms with Crippen LogP contribution in [0, 0.1) is 17.8 Å². The molecule has 0 amide bonds. The fraction of sp³-hybridized carbons (Fsp3) is 1.00. The predicted octanol–water partition coefficient (Wildman–Crippen LogP) is 2.57. The molecular weight excluding hydrogens is 216 g/mol. The Morgan fingerprint density at radius 3 is 2.67 bits per heavy atom. The van der Waals surface area contributed by atoms with Gasteiger partial charge in [0.25, 0.3) is 0 Å². The summed E-state index contributed by atoms with van der Waals surface area (Å²) in [6.07, 6.45) is 5.14. The maximum atomic E-state index is 9.73. The Bertz CT molecular complexity index is 169. The number of aliphatic hydroxyl groups excluding tert-OH is 1. The highest BCUT2D eigenvalue weighted by Crippen LogP contribution is 2.52. The summed E-state index contributed by atoms with van der Waals surface area (Å²) in [6, 6.07) is 0. The monoisotopic (exact) mass is 232 g/mol. The molecule has 0 radical (unpaired) electrons. The molecular formula is C10H17BrO. The van der Waals surface area contributed by atoms with Crippen LogP contribution in [0.1, 0.15) is 32.6 Å². The topological polar surface area (TPSA) is 20.2 Å². The molecule has 1 nitrogen and oxygen atoms in total. The number of hydrogen-bond acceptors (Lipinski definition) is 1. The number of halogens is 1. The van der Waals surface area contributed by atoms with E-state index in [1.807, 2.05) is 0 Å². The van der Waals surface area contributed by atoms with Crippen LogP contribution in [-0.2, 0) is 0 Å². The molecule has 2 aliphatic carbocycles. The van der Waals surface area contributed by atoms with E-state index < -0.39 is 0 Å². The molecule has 5 atom stereocenters. The molecule has 0 aromatic rings. The quantitative estimate of drug-likeness (QED) is 0.727. The minimum Gasteiger partial charge on any atom is -0.392 e. The van der Waals surface area contributed by atoms with Gasteiger partial charge in [0, 0.05) is 4.83 Å². The summed E-state index contributed by atoms with van der Waals surface area (Å²) in [5.74, 6) is 2.27. The van der Waals surface area contributed by atoms with Gasteiger partial charge in [-0.3, -0.25) is 0 Å². The van der Waals surface area contributed by atoms with Crippen LogP contribution < -0.4 is 0 Å². The van der Waals surface area contributed by atoms with Gasteiger partial charge in [-0.25, -0.2) is 0 Å². The van der Waals surface area contributed by atoms with Crippen molar-refractivity contribution in [2.24, 2.45) is 17.8 Å².